The number of allylic oxidation sites excluding steroid dienone is 2. The van der Waals surface area contributed by atoms with Crippen LogP contribution in [-0.2, 0) is 4.74 Å². The molecule has 0 aromatic heterocycles. The van der Waals surface area contributed by atoms with Crippen molar-refractivity contribution in [2.24, 2.45) is 11.8 Å². The second kappa shape index (κ2) is 7.70. The Morgan fingerprint density at radius 3 is 2.86 bits per heavy atom. The molecule has 2 aromatic rings. The zero-order valence-corrected chi connectivity index (χ0v) is 16.5. The second-order valence-corrected chi connectivity index (χ2v) is 8.12. The van der Waals surface area contributed by atoms with Crippen molar-refractivity contribution in [3.63, 3.8) is 0 Å². The van der Waals surface area contributed by atoms with Gasteiger partial charge in [0, 0.05) is 23.7 Å². The highest BCUT2D eigenvalue weighted by Gasteiger charge is 2.38. The van der Waals surface area contributed by atoms with Crippen LogP contribution in [-0.4, -0.2) is 17.5 Å². The first-order chi connectivity index (χ1) is 13.9. The lowest BCUT2D eigenvalue weighted by atomic mass is 9.76. The van der Waals surface area contributed by atoms with E-state index in [1.54, 1.807) is 18.2 Å². The fraction of sp³-hybridized carbons (Fsp3) is 0.348. The number of benzene rings is 2. The lowest BCUT2D eigenvalue weighted by molar-refractivity contribution is -0.384. The van der Waals surface area contributed by atoms with Crippen molar-refractivity contribution in [1.82, 2.24) is 0 Å². The second-order valence-electron chi connectivity index (χ2n) is 8.12. The quantitative estimate of drug-likeness (QED) is 0.326. The highest BCUT2D eigenvalue weighted by Crippen LogP contribution is 2.50. The first-order valence-electron chi connectivity index (χ1n) is 9.92. The molecule has 2 aromatic carbocycles. The molecule has 1 aliphatic carbocycles. The molecule has 2 aliphatic rings. The number of hydrogen-bond acceptors (Lipinski definition) is 5. The Labute approximate surface area is 169 Å². The molecule has 0 amide bonds. The van der Waals surface area contributed by atoms with Gasteiger partial charge in [-0.1, -0.05) is 38.1 Å². The number of anilines is 1. The number of nitrogens with one attached hydrogen (secondary N) is 1. The Balaban J connectivity index is 1.65. The van der Waals surface area contributed by atoms with Crippen molar-refractivity contribution in [2.45, 2.75) is 32.2 Å². The lowest BCUT2D eigenvalue weighted by Crippen LogP contribution is -2.29. The number of carbonyl (C=O) groups excluding carboxylic acids is 1. The Kier molecular flexibility index (Phi) is 5.09. The number of nitrogens with zero attached hydrogens (tertiary/aromatic N) is 1. The summed E-state index contributed by atoms with van der Waals surface area (Å²) in [7, 11) is 0. The summed E-state index contributed by atoms with van der Waals surface area (Å²) < 4.78 is 5.38. The molecule has 0 radical (unpaired) electrons. The van der Waals surface area contributed by atoms with E-state index in [0.717, 1.165) is 23.2 Å². The van der Waals surface area contributed by atoms with E-state index < -0.39 is 0 Å². The van der Waals surface area contributed by atoms with Gasteiger partial charge in [-0.3, -0.25) is 10.1 Å². The first kappa shape index (κ1) is 19.2. The number of fused-ring (bicyclic) bond motifs is 3. The number of carbonyl (C=O) groups is 1. The number of rotatable bonds is 5. The molecular weight excluding hydrogens is 368 g/mol. The van der Waals surface area contributed by atoms with Crippen molar-refractivity contribution in [2.75, 3.05) is 11.9 Å². The number of ether oxygens (including phenoxy) is 1. The van der Waals surface area contributed by atoms with Gasteiger partial charge < -0.3 is 10.1 Å². The summed E-state index contributed by atoms with van der Waals surface area (Å²) in [6.07, 6.45) is 5.21. The lowest BCUT2D eigenvalue weighted by Gasteiger charge is -2.37. The topological polar surface area (TPSA) is 81.5 Å². The minimum absolute atomic E-state index is 0.0267. The van der Waals surface area contributed by atoms with E-state index in [1.165, 1.54) is 6.07 Å². The monoisotopic (exact) mass is 392 g/mol. The summed E-state index contributed by atoms with van der Waals surface area (Å²) in [6, 6.07) is 12.4. The van der Waals surface area contributed by atoms with Crippen LogP contribution >= 0.6 is 0 Å². The Morgan fingerprint density at radius 1 is 1.28 bits per heavy atom. The van der Waals surface area contributed by atoms with Gasteiger partial charge in [0.1, 0.15) is 0 Å². The fourth-order valence-corrected chi connectivity index (χ4v) is 4.21. The molecule has 29 heavy (non-hydrogen) atoms. The summed E-state index contributed by atoms with van der Waals surface area (Å²) in [5.41, 5.74) is 3.59. The maximum atomic E-state index is 12.4. The van der Waals surface area contributed by atoms with E-state index >= 15 is 0 Å². The molecule has 1 heterocycles. The van der Waals surface area contributed by atoms with E-state index in [9.17, 15) is 14.9 Å². The molecule has 1 aliphatic heterocycles. The Hall–Kier alpha value is -3.15. The molecule has 0 fully saturated rings. The number of nitro benzene ring substituents is 1. The van der Waals surface area contributed by atoms with Gasteiger partial charge in [-0.05, 0) is 47.6 Å². The number of non-ortho nitro benzene ring substituents is 1. The normalized spacial score (nSPS) is 22.0. The summed E-state index contributed by atoms with van der Waals surface area (Å²) in [6.45, 7) is 4.41. The van der Waals surface area contributed by atoms with Gasteiger partial charge in [0.15, 0.2) is 0 Å². The van der Waals surface area contributed by atoms with Crippen LogP contribution in [0.2, 0.25) is 0 Å². The van der Waals surface area contributed by atoms with Gasteiger partial charge >= 0.3 is 5.97 Å². The maximum absolute atomic E-state index is 12.4. The maximum Gasteiger partial charge on any atom is 0.338 e. The SMILES string of the molecule is CC(C)COC(=O)c1ccc2c(c1)[C@@H]1C=CC[C@H]1[C@H](c1cccc([N+](=O)[O-])c1)N2. The predicted molar refractivity (Wildman–Crippen MR) is 111 cm³/mol. The highest BCUT2D eigenvalue weighted by atomic mass is 16.6. The number of nitro groups is 1. The zero-order valence-electron chi connectivity index (χ0n) is 16.5. The molecule has 3 atom stereocenters. The van der Waals surface area contributed by atoms with Gasteiger partial charge in [0.2, 0.25) is 0 Å². The fourth-order valence-electron chi connectivity index (χ4n) is 4.21. The molecule has 6 heteroatoms. The van der Waals surface area contributed by atoms with Crippen molar-refractivity contribution < 1.29 is 14.5 Å². The summed E-state index contributed by atoms with van der Waals surface area (Å²) in [5, 5.41) is 14.7. The standard InChI is InChI=1S/C23H24N2O4/c1-14(2)13-29-23(26)16-9-10-21-20(12-16)18-7-4-8-19(18)22(24-21)15-5-3-6-17(11-15)25(27)28/h3-7,9-12,14,18-19,22,24H,8,13H2,1-2H3/t18-,19-,22+/m1/s1. The van der Waals surface area contributed by atoms with Gasteiger partial charge in [-0.15, -0.1) is 0 Å². The zero-order chi connectivity index (χ0) is 20.5. The number of esters is 1. The molecule has 6 nitrogen and oxygen atoms in total. The molecule has 4 rings (SSSR count). The van der Waals surface area contributed by atoms with Crippen molar-refractivity contribution in [1.29, 1.82) is 0 Å². The van der Waals surface area contributed by atoms with Crippen molar-refractivity contribution in [3.8, 4) is 0 Å². The molecular formula is C23H24N2O4. The first-order valence-corrected chi connectivity index (χ1v) is 9.92. The van der Waals surface area contributed by atoms with E-state index in [0.29, 0.717) is 12.2 Å². The van der Waals surface area contributed by atoms with E-state index in [4.69, 9.17) is 4.74 Å². The van der Waals surface area contributed by atoms with Crippen molar-refractivity contribution in [3.05, 3.63) is 81.4 Å². The Morgan fingerprint density at radius 2 is 2.10 bits per heavy atom. The minimum atomic E-state index is -0.361. The number of hydrogen-bond donors (Lipinski definition) is 1. The minimum Gasteiger partial charge on any atom is -0.462 e. The van der Waals surface area contributed by atoms with Crippen molar-refractivity contribution >= 4 is 17.3 Å². The van der Waals surface area contributed by atoms with Gasteiger partial charge in [0.05, 0.1) is 23.1 Å². The van der Waals surface area contributed by atoms with Crippen LogP contribution in [0.1, 0.15) is 53.7 Å². The third-order valence-corrected chi connectivity index (χ3v) is 5.59. The molecule has 0 spiro atoms. The van der Waals surface area contributed by atoms with Crippen LogP contribution in [0.25, 0.3) is 0 Å². The van der Waals surface area contributed by atoms with E-state index in [2.05, 4.69) is 17.5 Å². The van der Waals surface area contributed by atoms with Crippen LogP contribution in [0.3, 0.4) is 0 Å². The molecule has 0 unspecified atom stereocenters. The van der Waals surface area contributed by atoms with E-state index in [-0.39, 0.29) is 40.4 Å². The third kappa shape index (κ3) is 3.75. The van der Waals surface area contributed by atoms with Crippen LogP contribution in [0.4, 0.5) is 11.4 Å². The average molecular weight is 392 g/mol. The molecule has 0 saturated carbocycles. The van der Waals surface area contributed by atoms with E-state index in [1.807, 2.05) is 32.0 Å². The summed E-state index contributed by atoms with van der Waals surface area (Å²) in [4.78, 5) is 23.2. The summed E-state index contributed by atoms with van der Waals surface area (Å²) >= 11 is 0. The predicted octanol–water partition coefficient (Wildman–Crippen LogP) is 5.23. The van der Waals surface area contributed by atoms with Gasteiger partial charge in [-0.2, -0.15) is 0 Å². The van der Waals surface area contributed by atoms with Crippen LogP contribution in [0, 0.1) is 22.0 Å². The van der Waals surface area contributed by atoms with Crippen LogP contribution in [0.5, 0.6) is 0 Å². The largest absolute Gasteiger partial charge is 0.462 e. The summed E-state index contributed by atoms with van der Waals surface area (Å²) in [5.74, 6) is 0.386. The Bertz CT molecular complexity index is 983. The smallest absolute Gasteiger partial charge is 0.338 e. The van der Waals surface area contributed by atoms with Gasteiger partial charge in [0.25, 0.3) is 5.69 Å². The average Bonchev–Trinajstić information content (AvgIpc) is 3.21. The molecule has 1 N–H and O–H groups in total. The van der Waals surface area contributed by atoms with Crippen LogP contribution < -0.4 is 5.32 Å². The van der Waals surface area contributed by atoms with Crippen LogP contribution in [0.15, 0.2) is 54.6 Å². The molecule has 150 valence electrons. The highest BCUT2D eigenvalue weighted by molar-refractivity contribution is 5.90. The molecule has 0 saturated heterocycles. The third-order valence-electron chi connectivity index (χ3n) is 5.59. The van der Waals surface area contributed by atoms with Gasteiger partial charge in [-0.25, -0.2) is 4.79 Å². The molecule has 0 bridgehead atoms.